The molecule has 0 N–H and O–H groups in total. The quantitative estimate of drug-likeness (QED) is 0.380. The van der Waals surface area contributed by atoms with Crippen LogP contribution in [-0.2, 0) is 19.1 Å². The van der Waals surface area contributed by atoms with Gasteiger partial charge in [-0.15, -0.1) is 0 Å². The van der Waals surface area contributed by atoms with Crippen LogP contribution >= 0.6 is 11.6 Å². The summed E-state index contributed by atoms with van der Waals surface area (Å²) in [5.74, 6) is -3.89. The molecule has 0 amide bonds. The van der Waals surface area contributed by atoms with E-state index in [0.29, 0.717) is 0 Å². The summed E-state index contributed by atoms with van der Waals surface area (Å²) in [6, 6.07) is 3.95. The van der Waals surface area contributed by atoms with E-state index in [1.54, 1.807) is 6.92 Å². The van der Waals surface area contributed by atoms with Crippen molar-refractivity contribution in [2.24, 2.45) is 0 Å². The molecule has 1 heterocycles. The van der Waals surface area contributed by atoms with E-state index in [0.717, 1.165) is 19.3 Å². The van der Waals surface area contributed by atoms with Gasteiger partial charge in [-0.25, -0.2) is 14.0 Å². The topological polar surface area (TPSA) is 98.9 Å². The van der Waals surface area contributed by atoms with Crippen LogP contribution in [0.15, 0.2) is 28.4 Å². The normalized spacial score (nSPS) is 11.2. The highest BCUT2D eigenvalue weighted by atomic mass is 35.5. The number of methoxy groups -OCH3 is 1. The summed E-state index contributed by atoms with van der Waals surface area (Å²) in [6.07, 6.45) is 1.12. The van der Waals surface area contributed by atoms with Gasteiger partial charge in [-0.1, -0.05) is 22.8 Å². The molecule has 10 heteroatoms. The molecule has 0 saturated heterocycles. The highest BCUT2D eigenvalue weighted by molar-refractivity contribution is 6.41. The lowest BCUT2D eigenvalue weighted by atomic mass is 10.0. The van der Waals surface area contributed by atoms with E-state index in [4.69, 9.17) is 25.6 Å². The summed E-state index contributed by atoms with van der Waals surface area (Å²) in [7, 11) is 4.13. The zero-order chi connectivity index (χ0) is 21.7. The smallest absolute Gasteiger partial charge is 0.381 e. The van der Waals surface area contributed by atoms with E-state index in [2.05, 4.69) is 5.16 Å². The molecule has 2 aromatic rings. The zero-order valence-electron chi connectivity index (χ0n) is 16.1. The second-order valence-corrected chi connectivity index (χ2v) is 6.24. The van der Waals surface area contributed by atoms with Crippen LogP contribution in [0.3, 0.4) is 0 Å². The lowest BCUT2D eigenvalue weighted by Gasteiger charge is -2.14. The van der Waals surface area contributed by atoms with E-state index < -0.39 is 23.5 Å². The molecule has 0 bridgehead atoms. The second-order valence-electron chi connectivity index (χ2n) is 5.83. The first-order valence-electron chi connectivity index (χ1n) is 8.35. The number of carbonyl (C=O) groups excluding carboxylic acids is 3. The number of likely N-dealkylation sites (N-methyl/N-ethyl adjacent to an activating group) is 1. The molecule has 0 aliphatic carbocycles. The van der Waals surface area contributed by atoms with Gasteiger partial charge < -0.3 is 18.9 Å². The lowest BCUT2D eigenvalue weighted by molar-refractivity contribution is -0.152. The first kappa shape index (κ1) is 22.1. The molecule has 0 saturated carbocycles. The third-order valence-electron chi connectivity index (χ3n) is 3.75. The molecule has 154 valence electrons. The predicted octanol–water partition coefficient (Wildman–Crippen LogP) is 2.96. The summed E-state index contributed by atoms with van der Waals surface area (Å²) >= 11 is 6.06. The van der Waals surface area contributed by atoms with E-state index in [1.807, 2.05) is 0 Å². The third kappa shape index (κ3) is 4.62. The number of ketones is 1. The van der Waals surface area contributed by atoms with Crippen molar-refractivity contribution in [1.82, 2.24) is 10.1 Å². The Kier molecular flexibility index (Phi) is 7.11. The summed E-state index contributed by atoms with van der Waals surface area (Å²) in [5, 5.41) is 3.73. The van der Waals surface area contributed by atoms with Gasteiger partial charge in [0.2, 0.25) is 0 Å². The molecule has 0 aliphatic heterocycles. The van der Waals surface area contributed by atoms with Crippen LogP contribution in [0.1, 0.15) is 23.0 Å². The van der Waals surface area contributed by atoms with Crippen LogP contribution in [0.5, 0.6) is 0 Å². The van der Waals surface area contributed by atoms with E-state index >= 15 is 0 Å². The molecule has 0 aliphatic rings. The van der Waals surface area contributed by atoms with Crippen molar-refractivity contribution in [2.45, 2.75) is 6.92 Å². The minimum absolute atomic E-state index is 0.00517. The third-order valence-corrected chi connectivity index (χ3v) is 4.07. The Morgan fingerprint density at radius 1 is 1.31 bits per heavy atom. The molecule has 0 spiro atoms. The molecular weight excluding hydrogens is 407 g/mol. The van der Waals surface area contributed by atoms with Crippen LogP contribution in [0.4, 0.5) is 4.39 Å². The van der Waals surface area contributed by atoms with Crippen molar-refractivity contribution in [3.05, 3.63) is 46.1 Å². The largest absolute Gasteiger partial charge is 0.465 e. The molecular formula is C19H18ClFN2O6. The number of rotatable bonds is 7. The van der Waals surface area contributed by atoms with Gasteiger partial charge in [0, 0.05) is 20.2 Å². The fourth-order valence-corrected chi connectivity index (χ4v) is 2.67. The molecule has 1 aromatic carbocycles. The van der Waals surface area contributed by atoms with Crippen LogP contribution in [0, 0.1) is 5.82 Å². The van der Waals surface area contributed by atoms with Gasteiger partial charge in [0.05, 0.1) is 30.0 Å². The van der Waals surface area contributed by atoms with Gasteiger partial charge >= 0.3 is 11.9 Å². The maximum atomic E-state index is 14.3. The molecule has 1 aromatic heterocycles. The van der Waals surface area contributed by atoms with Crippen LogP contribution in [0.25, 0.3) is 17.3 Å². The molecule has 8 nitrogen and oxygen atoms in total. The number of nitrogens with zero attached hydrogens (tertiary/aromatic N) is 2. The van der Waals surface area contributed by atoms with Crippen LogP contribution in [-0.4, -0.2) is 55.6 Å². The Morgan fingerprint density at radius 2 is 2.00 bits per heavy atom. The van der Waals surface area contributed by atoms with Crippen molar-refractivity contribution in [2.75, 3.05) is 27.8 Å². The van der Waals surface area contributed by atoms with Crippen molar-refractivity contribution in [3.8, 4) is 11.3 Å². The molecule has 2 rings (SSSR count). The number of carbonyl (C=O) groups is 3. The van der Waals surface area contributed by atoms with Crippen molar-refractivity contribution in [3.63, 3.8) is 0 Å². The minimum Gasteiger partial charge on any atom is -0.465 e. The molecule has 0 fully saturated rings. The number of Topliss-reactive ketones (excluding diaryl/α,β-unsaturated/α-hetero) is 1. The van der Waals surface area contributed by atoms with Crippen LogP contribution < -0.4 is 0 Å². The Bertz CT molecular complexity index is 963. The molecule has 0 atom stereocenters. The predicted molar refractivity (Wildman–Crippen MR) is 102 cm³/mol. The maximum Gasteiger partial charge on any atom is 0.381 e. The average Bonchev–Trinajstić information content (AvgIpc) is 3.08. The van der Waals surface area contributed by atoms with E-state index in [-0.39, 0.29) is 39.9 Å². The van der Waals surface area contributed by atoms with E-state index in [1.165, 1.54) is 31.1 Å². The first-order chi connectivity index (χ1) is 13.7. The number of aromatic nitrogens is 1. The van der Waals surface area contributed by atoms with Crippen LogP contribution in [0.2, 0.25) is 5.02 Å². The summed E-state index contributed by atoms with van der Waals surface area (Å²) < 4.78 is 29.0. The first-order valence-corrected chi connectivity index (χ1v) is 8.73. The fraction of sp³-hybridized carbons (Fsp3) is 0.263. The van der Waals surface area contributed by atoms with Gasteiger partial charge in [0.15, 0.2) is 5.76 Å². The van der Waals surface area contributed by atoms with E-state index in [9.17, 15) is 18.8 Å². The Morgan fingerprint density at radius 3 is 2.55 bits per heavy atom. The zero-order valence-corrected chi connectivity index (χ0v) is 16.9. The number of hydrogen-bond acceptors (Lipinski definition) is 8. The van der Waals surface area contributed by atoms with Gasteiger partial charge in [-0.05, 0) is 19.1 Å². The second kappa shape index (κ2) is 9.33. The lowest BCUT2D eigenvalue weighted by Crippen LogP contribution is -2.27. The number of hydrogen-bond donors (Lipinski definition) is 0. The fourth-order valence-electron chi connectivity index (χ4n) is 2.42. The monoisotopic (exact) mass is 424 g/mol. The molecule has 29 heavy (non-hydrogen) atoms. The highest BCUT2D eigenvalue weighted by Crippen LogP contribution is 2.34. The van der Waals surface area contributed by atoms with Gasteiger partial charge in [0.1, 0.15) is 17.1 Å². The van der Waals surface area contributed by atoms with Gasteiger partial charge in [-0.3, -0.25) is 4.79 Å². The minimum atomic E-state index is -1.08. The maximum absolute atomic E-state index is 14.3. The Hall–Kier alpha value is -3.20. The number of halogens is 2. The number of esters is 2. The van der Waals surface area contributed by atoms with Crippen molar-refractivity contribution < 1.29 is 32.8 Å². The standard InChI is InChI=1S/C19H18ClFN2O6/c1-5-28-19(26)17(24)12(23(2)3)9-13-15(18(25)27-4)16(22-29-13)14-10(20)7-6-8-11(14)21/h6-9H,5H2,1-4H3. The summed E-state index contributed by atoms with van der Waals surface area (Å²) in [6.45, 7) is 1.57. The highest BCUT2D eigenvalue weighted by Gasteiger charge is 2.29. The average molecular weight is 425 g/mol. The van der Waals surface area contributed by atoms with Gasteiger partial charge in [0.25, 0.3) is 5.78 Å². The molecule has 0 unspecified atom stereocenters. The van der Waals surface area contributed by atoms with Gasteiger partial charge in [-0.2, -0.15) is 0 Å². The molecule has 0 radical (unpaired) electrons. The number of benzene rings is 1. The Balaban J connectivity index is 2.68. The summed E-state index contributed by atoms with van der Waals surface area (Å²) in [5.41, 5.74) is -0.763. The Labute approximate surface area is 170 Å². The SMILES string of the molecule is CCOC(=O)C(=O)C(=Cc1onc(-c2c(F)cccc2Cl)c1C(=O)OC)N(C)C. The number of ether oxygens (including phenoxy) is 2. The summed E-state index contributed by atoms with van der Waals surface area (Å²) in [4.78, 5) is 37.9. The van der Waals surface area contributed by atoms with Crippen molar-refractivity contribution >= 4 is 35.4 Å². The van der Waals surface area contributed by atoms with Crippen molar-refractivity contribution in [1.29, 1.82) is 0 Å².